The second kappa shape index (κ2) is 9.91. The number of rotatable bonds is 6. The Balaban J connectivity index is 0.000000380. The van der Waals surface area contributed by atoms with E-state index in [9.17, 15) is 9.90 Å². The third kappa shape index (κ3) is 5.19. The minimum absolute atomic E-state index is 0.0648. The third-order valence-corrected chi connectivity index (χ3v) is 4.07. The zero-order valence-corrected chi connectivity index (χ0v) is 15.8. The smallest absolute Gasteiger partial charge is 0.231 e. The van der Waals surface area contributed by atoms with Crippen LogP contribution in [0.3, 0.4) is 0 Å². The van der Waals surface area contributed by atoms with Crippen LogP contribution in [0, 0.1) is 0 Å². The van der Waals surface area contributed by atoms with Gasteiger partial charge in [0.05, 0.1) is 7.11 Å². The summed E-state index contributed by atoms with van der Waals surface area (Å²) in [6.45, 7) is 1.95. The van der Waals surface area contributed by atoms with E-state index in [2.05, 4.69) is 9.47 Å². The second-order valence-corrected chi connectivity index (χ2v) is 5.67. The highest BCUT2D eigenvalue weighted by Gasteiger charge is 2.22. The Labute approximate surface area is 158 Å². The lowest BCUT2D eigenvalue weighted by Gasteiger charge is -2.15. The molecule has 0 fully saturated rings. The summed E-state index contributed by atoms with van der Waals surface area (Å²) in [5.74, 6) is 1.68. The van der Waals surface area contributed by atoms with E-state index in [1.165, 1.54) is 0 Å². The van der Waals surface area contributed by atoms with E-state index in [4.69, 9.17) is 14.2 Å². The second-order valence-electron chi connectivity index (χ2n) is 5.67. The van der Waals surface area contributed by atoms with Crippen molar-refractivity contribution in [2.24, 2.45) is 0 Å². The molecule has 1 unspecified atom stereocenters. The number of carbonyl (C=O) groups excluding carboxylic acids is 1. The number of aliphatic hydroxyl groups excluding tert-OH is 1. The van der Waals surface area contributed by atoms with E-state index in [-0.39, 0.29) is 13.1 Å². The quantitative estimate of drug-likeness (QED) is 0.613. The standard InChI is InChI=1S/C16H14O5.C4H10O2/c1-19-12-4-2-3-10(5-12)16(18)13-7-15-14(20-9-21-15)6-11(13)8-17;1-4(5-2)6-3/h2-8,16,18H,9H2,1H3;4H,1-3H3. The average molecular weight is 376 g/mol. The highest BCUT2D eigenvalue weighted by Crippen LogP contribution is 2.38. The van der Waals surface area contributed by atoms with Crippen LogP contribution in [-0.4, -0.2) is 45.8 Å². The number of ether oxygens (including phenoxy) is 5. The molecule has 2 aromatic carbocycles. The largest absolute Gasteiger partial charge is 0.497 e. The Kier molecular flexibility index (Phi) is 7.60. The number of carbonyl (C=O) groups is 1. The predicted octanol–water partition coefficient (Wildman–Crippen LogP) is 2.94. The molecule has 1 atom stereocenters. The minimum Gasteiger partial charge on any atom is -0.497 e. The molecule has 3 rings (SSSR count). The lowest BCUT2D eigenvalue weighted by molar-refractivity contribution is -0.0877. The first kappa shape index (κ1) is 20.7. The average Bonchev–Trinajstić information content (AvgIpc) is 3.19. The maximum absolute atomic E-state index is 11.3. The van der Waals surface area contributed by atoms with Crippen LogP contribution in [0.5, 0.6) is 17.2 Å². The number of hydrogen-bond acceptors (Lipinski definition) is 7. The van der Waals surface area contributed by atoms with Crippen molar-refractivity contribution < 1.29 is 33.6 Å². The summed E-state index contributed by atoms with van der Waals surface area (Å²) in [5, 5.41) is 10.5. The molecule has 0 amide bonds. The van der Waals surface area contributed by atoms with Crippen molar-refractivity contribution >= 4 is 6.29 Å². The van der Waals surface area contributed by atoms with Gasteiger partial charge >= 0.3 is 0 Å². The third-order valence-electron chi connectivity index (χ3n) is 4.07. The summed E-state index contributed by atoms with van der Waals surface area (Å²) in [6.07, 6.45) is -0.319. The molecule has 1 N–H and O–H groups in total. The summed E-state index contributed by atoms with van der Waals surface area (Å²) in [6, 6.07) is 10.3. The predicted molar refractivity (Wildman–Crippen MR) is 98.5 cm³/mol. The van der Waals surface area contributed by atoms with E-state index in [1.807, 2.05) is 6.92 Å². The van der Waals surface area contributed by atoms with Crippen molar-refractivity contribution in [2.45, 2.75) is 19.3 Å². The Morgan fingerprint density at radius 2 is 1.74 bits per heavy atom. The first-order chi connectivity index (χ1) is 13.0. The fourth-order valence-electron chi connectivity index (χ4n) is 2.40. The molecule has 0 bridgehead atoms. The van der Waals surface area contributed by atoms with Crippen molar-refractivity contribution in [2.75, 3.05) is 28.1 Å². The van der Waals surface area contributed by atoms with Gasteiger partial charge in [0, 0.05) is 19.8 Å². The molecule has 1 aliphatic heterocycles. The van der Waals surface area contributed by atoms with E-state index in [0.29, 0.717) is 40.2 Å². The summed E-state index contributed by atoms with van der Waals surface area (Å²) < 4.78 is 25.0. The molecule has 0 saturated heterocycles. The van der Waals surface area contributed by atoms with Gasteiger partial charge in [-0.15, -0.1) is 0 Å². The van der Waals surface area contributed by atoms with Gasteiger partial charge < -0.3 is 28.8 Å². The van der Waals surface area contributed by atoms with Crippen molar-refractivity contribution in [1.29, 1.82) is 0 Å². The van der Waals surface area contributed by atoms with Gasteiger partial charge in [-0.2, -0.15) is 0 Å². The number of aldehydes is 1. The van der Waals surface area contributed by atoms with Crippen molar-refractivity contribution in [1.82, 2.24) is 0 Å². The molecule has 7 nitrogen and oxygen atoms in total. The molecular formula is C20H24O7. The van der Waals surface area contributed by atoms with E-state index < -0.39 is 6.10 Å². The zero-order valence-electron chi connectivity index (χ0n) is 15.8. The molecule has 0 radical (unpaired) electrons. The van der Waals surface area contributed by atoms with Gasteiger partial charge in [0.2, 0.25) is 6.79 Å². The number of hydrogen-bond donors (Lipinski definition) is 1. The van der Waals surface area contributed by atoms with Crippen molar-refractivity contribution in [3.63, 3.8) is 0 Å². The molecule has 2 aromatic rings. The van der Waals surface area contributed by atoms with Crippen molar-refractivity contribution in [3.05, 3.63) is 53.1 Å². The molecule has 1 aliphatic rings. The van der Waals surface area contributed by atoms with Crippen LogP contribution in [-0.2, 0) is 9.47 Å². The van der Waals surface area contributed by atoms with Crippen LogP contribution in [0.15, 0.2) is 36.4 Å². The lowest BCUT2D eigenvalue weighted by Crippen LogP contribution is -2.05. The topological polar surface area (TPSA) is 83.5 Å². The summed E-state index contributed by atoms with van der Waals surface area (Å²) in [5.41, 5.74) is 1.48. The number of methoxy groups -OCH3 is 3. The number of aliphatic hydroxyl groups is 1. The van der Waals surface area contributed by atoms with Gasteiger partial charge in [-0.1, -0.05) is 12.1 Å². The first-order valence-electron chi connectivity index (χ1n) is 8.30. The molecule has 0 aliphatic carbocycles. The molecule has 0 aromatic heterocycles. The van der Waals surface area contributed by atoms with E-state index in [1.54, 1.807) is 57.7 Å². The van der Waals surface area contributed by atoms with Crippen LogP contribution >= 0.6 is 0 Å². The van der Waals surface area contributed by atoms with E-state index in [0.717, 1.165) is 0 Å². The van der Waals surface area contributed by atoms with Gasteiger partial charge in [-0.05, 0) is 42.3 Å². The van der Waals surface area contributed by atoms with Gasteiger partial charge in [0.15, 0.2) is 24.1 Å². The van der Waals surface area contributed by atoms with Crippen LogP contribution in [0.4, 0.5) is 0 Å². The molecule has 0 saturated carbocycles. The highest BCUT2D eigenvalue weighted by molar-refractivity contribution is 5.80. The number of fused-ring (bicyclic) bond motifs is 1. The zero-order chi connectivity index (χ0) is 19.8. The fourth-order valence-corrected chi connectivity index (χ4v) is 2.40. The molecule has 7 heteroatoms. The Morgan fingerprint density at radius 1 is 1.07 bits per heavy atom. The van der Waals surface area contributed by atoms with E-state index >= 15 is 0 Å². The van der Waals surface area contributed by atoms with Crippen LogP contribution in [0.2, 0.25) is 0 Å². The van der Waals surface area contributed by atoms with Crippen LogP contribution in [0.25, 0.3) is 0 Å². The monoisotopic (exact) mass is 376 g/mol. The van der Waals surface area contributed by atoms with Gasteiger partial charge in [-0.25, -0.2) is 0 Å². The lowest BCUT2D eigenvalue weighted by atomic mass is 9.96. The Bertz CT molecular complexity index is 756. The molecule has 1 heterocycles. The SMILES string of the molecule is COC(C)OC.COc1cccc(C(O)c2cc3c(cc2C=O)OCO3)c1. The van der Waals surface area contributed by atoms with Gasteiger partial charge in [-0.3, -0.25) is 4.79 Å². The molecule has 27 heavy (non-hydrogen) atoms. The van der Waals surface area contributed by atoms with Gasteiger partial charge in [0.1, 0.15) is 11.9 Å². The summed E-state index contributed by atoms with van der Waals surface area (Å²) >= 11 is 0. The Hall–Kier alpha value is -2.61. The van der Waals surface area contributed by atoms with Crippen LogP contribution < -0.4 is 14.2 Å². The number of benzene rings is 2. The molecule has 0 spiro atoms. The van der Waals surface area contributed by atoms with Gasteiger partial charge in [0.25, 0.3) is 0 Å². The van der Waals surface area contributed by atoms with Crippen LogP contribution in [0.1, 0.15) is 34.5 Å². The molecular weight excluding hydrogens is 352 g/mol. The maximum Gasteiger partial charge on any atom is 0.231 e. The van der Waals surface area contributed by atoms with Crippen molar-refractivity contribution in [3.8, 4) is 17.2 Å². The maximum atomic E-state index is 11.3. The fraction of sp³-hybridized carbons (Fsp3) is 0.350. The summed E-state index contributed by atoms with van der Waals surface area (Å²) in [4.78, 5) is 11.3. The first-order valence-corrected chi connectivity index (χ1v) is 8.30. The Morgan fingerprint density at radius 3 is 2.30 bits per heavy atom. The normalized spacial score (nSPS) is 13.0. The highest BCUT2D eigenvalue weighted by atomic mass is 16.7. The summed E-state index contributed by atoms with van der Waals surface area (Å²) in [7, 11) is 4.77. The minimum atomic E-state index is -0.949. The molecule has 146 valence electrons.